The highest BCUT2D eigenvalue weighted by atomic mass is 16.2. The average molecular weight is 266 g/mol. The van der Waals surface area contributed by atoms with Crippen LogP contribution in [0.2, 0.25) is 0 Å². The van der Waals surface area contributed by atoms with Crippen molar-refractivity contribution in [1.82, 2.24) is 10.2 Å². The van der Waals surface area contributed by atoms with Crippen LogP contribution in [0, 0.1) is 0 Å². The predicted octanol–water partition coefficient (Wildman–Crippen LogP) is 2.58. The minimum atomic E-state index is -0.607. The maximum absolute atomic E-state index is 12.1. The molecule has 0 saturated carbocycles. The van der Waals surface area contributed by atoms with E-state index in [1.807, 2.05) is 54.6 Å². The molecule has 1 fully saturated rings. The molecule has 0 spiro atoms. The lowest BCUT2D eigenvalue weighted by molar-refractivity contribution is -0.126. The number of urea groups is 1. The standard InChI is InChI=1S/C16H14N2O2/c1-18-15(19)14(17-16(18)20)13-10-6-5-9-12(13)11-7-3-2-4-8-11/h2-10,14H,1H3,(H,17,20). The first-order valence-electron chi connectivity index (χ1n) is 6.41. The first-order chi connectivity index (χ1) is 9.68. The van der Waals surface area contributed by atoms with E-state index in [4.69, 9.17) is 0 Å². The van der Waals surface area contributed by atoms with E-state index in [9.17, 15) is 9.59 Å². The van der Waals surface area contributed by atoms with Gasteiger partial charge in [0.25, 0.3) is 5.91 Å². The normalized spacial score (nSPS) is 18.2. The fourth-order valence-electron chi connectivity index (χ4n) is 2.42. The van der Waals surface area contributed by atoms with Crippen molar-refractivity contribution < 1.29 is 9.59 Å². The van der Waals surface area contributed by atoms with Gasteiger partial charge in [-0.3, -0.25) is 9.69 Å². The van der Waals surface area contributed by atoms with Crippen molar-refractivity contribution in [2.45, 2.75) is 6.04 Å². The molecule has 100 valence electrons. The molecule has 0 radical (unpaired) electrons. The molecule has 1 N–H and O–H groups in total. The van der Waals surface area contributed by atoms with Crippen molar-refractivity contribution in [3.63, 3.8) is 0 Å². The highest BCUT2D eigenvalue weighted by molar-refractivity contribution is 6.05. The van der Waals surface area contributed by atoms with Crippen LogP contribution >= 0.6 is 0 Å². The van der Waals surface area contributed by atoms with Crippen molar-refractivity contribution in [1.29, 1.82) is 0 Å². The Morgan fingerprint density at radius 1 is 0.950 bits per heavy atom. The Hall–Kier alpha value is -2.62. The number of rotatable bonds is 2. The Labute approximate surface area is 117 Å². The predicted molar refractivity (Wildman–Crippen MR) is 75.9 cm³/mol. The molecule has 4 nitrogen and oxygen atoms in total. The molecule has 1 unspecified atom stereocenters. The van der Waals surface area contributed by atoms with Crippen LogP contribution in [-0.4, -0.2) is 23.9 Å². The van der Waals surface area contributed by atoms with E-state index in [1.54, 1.807) is 0 Å². The van der Waals surface area contributed by atoms with Gasteiger partial charge in [0, 0.05) is 7.05 Å². The fourth-order valence-corrected chi connectivity index (χ4v) is 2.42. The second kappa shape index (κ2) is 4.81. The molecule has 1 heterocycles. The van der Waals surface area contributed by atoms with Crippen molar-refractivity contribution in [3.8, 4) is 11.1 Å². The average Bonchev–Trinajstić information content (AvgIpc) is 2.76. The Bertz CT molecular complexity index is 667. The van der Waals surface area contributed by atoms with Gasteiger partial charge >= 0.3 is 6.03 Å². The zero-order valence-corrected chi connectivity index (χ0v) is 11.0. The zero-order valence-electron chi connectivity index (χ0n) is 11.0. The highest BCUT2D eigenvalue weighted by Crippen LogP contribution is 2.30. The molecule has 1 atom stereocenters. The summed E-state index contributed by atoms with van der Waals surface area (Å²) >= 11 is 0. The molecule has 0 aromatic heterocycles. The number of benzene rings is 2. The minimum Gasteiger partial charge on any atom is -0.322 e. The lowest BCUT2D eigenvalue weighted by Crippen LogP contribution is -2.25. The second-order valence-electron chi connectivity index (χ2n) is 4.73. The van der Waals surface area contributed by atoms with E-state index in [0.717, 1.165) is 21.6 Å². The maximum Gasteiger partial charge on any atom is 0.324 e. The summed E-state index contributed by atoms with van der Waals surface area (Å²) in [5.41, 5.74) is 2.81. The number of likely N-dealkylation sites (N-methyl/N-ethyl adjacent to an activating group) is 1. The van der Waals surface area contributed by atoms with Crippen LogP contribution in [0.25, 0.3) is 11.1 Å². The molecule has 1 saturated heterocycles. The van der Waals surface area contributed by atoms with E-state index in [1.165, 1.54) is 7.05 Å². The number of amides is 3. The first-order valence-corrected chi connectivity index (χ1v) is 6.41. The molecule has 2 aromatic carbocycles. The highest BCUT2D eigenvalue weighted by Gasteiger charge is 2.37. The summed E-state index contributed by atoms with van der Waals surface area (Å²) < 4.78 is 0. The van der Waals surface area contributed by atoms with Crippen LogP contribution in [0.3, 0.4) is 0 Å². The van der Waals surface area contributed by atoms with Crippen molar-refractivity contribution in [2.24, 2.45) is 0 Å². The molecule has 3 rings (SSSR count). The van der Waals surface area contributed by atoms with E-state index >= 15 is 0 Å². The lowest BCUT2D eigenvalue weighted by Gasteiger charge is -2.14. The molecule has 1 aliphatic rings. The van der Waals surface area contributed by atoms with Crippen molar-refractivity contribution >= 4 is 11.9 Å². The van der Waals surface area contributed by atoms with Gasteiger partial charge in [-0.15, -0.1) is 0 Å². The number of hydrogen-bond donors (Lipinski definition) is 1. The molecule has 4 heteroatoms. The minimum absolute atomic E-state index is 0.224. The molecule has 0 aliphatic carbocycles. The SMILES string of the molecule is CN1C(=O)NC(c2ccccc2-c2ccccc2)C1=O. The zero-order chi connectivity index (χ0) is 14.1. The third kappa shape index (κ3) is 1.95. The van der Waals surface area contributed by atoms with E-state index in [0.29, 0.717) is 0 Å². The number of nitrogens with zero attached hydrogens (tertiary/aromatic N) is 1. The Morgan fingerprint density at radius 3 is 2.25 bits per heavy atom. The van der Waals surface area contributed by atoms with Crippen molar-refractivity contribution in [3.05, 3.63) is 60.2 Å². The van der Waals surface area contributed by atoms with Gasteiger partial charge in [0.05, 0.1) is 0 Å². The van der Waals surface area contributed by atoms with E-state index in [2.05, 4.69) is 5.32 Å². The van der Waals surface area contributed by atoms with Gasteiger partial charge in [-0.1, -0.05) is 54.6 Å². The summed E-state index contributed by atoms with van der Waals surface area (Å²) in [7, 11) is 1.49. The summed E-state index contributed by atoms with van der Waals surface area (Å²) in [5.74, 6) is -0.224. The summed E-state index contributed by atoms with van der Waals surface area (Å²) in [6, 6.07) is 16.5. The van der Waals surface area contributed by atoms with Gasteiger partial charge in [0.15, 0.2) is 0 Å². The smallest absolute Gasteiger partial charge is 0.322 e. The quantitative estimate of drug-likeness (QED) is 0.849. The first kappa shape index (κ1) is 12.4. The number of hydrogen-bond acceptors (Lipinski definition) is 2. The fraction of sp³-hybridized carbons (Fsp3) is 0.125. The van der Waals surface area contributed by atoms with Gasteiger partial charge in [-0.25, -0.2) is 4.79 Å². The van der Waals surface area contributed by atoms with Gasteiger partial charge < -0.3 is 5.32 Å². The van der Waals surface area contributed by atoms with Gasteiger partial charge in [-0.05, 0) is 16.7 Å². The summed E-state index contributed by atoms with van der Waals surface area (Å²) in [6.45, 7) is 0. The van der Waals surface area contributed by atoms with E-state index in [-0.39, 0.29) is 11.9 Å². The molecule has 1 aliphatic heterocycles. The summed E-state index contributed by atoms with van der Waals surface area (Å²) in [6.07, 6.45) is 0. The Kier molecular flexibility index (Phi) is 2.99. The molecule has 3 amide bonds. The lowest BCUT2D eigenvalue weighted by atomic mass is 9.95. The van der Waals surface area contributed by atoms with Crippen LogP contribution in [0.5, 0.6) is 0 Å². The van der Waals surface area contributed by atoms with Crippen molar-refractivity contribution in [2.75, 3.05) is 7.05 Å². The Balaban J connectivity index is 2.08. The molecular weight excluding hydrogens is 252 g/mol. The maximum atomic E-state index is 12.1. The third-order valence-corrected chi connectivity index (χ3v) is 3.51. The van der Waals surface area contributed by atoms with Gasteiger partial charge in [0.1, 0.15) is 6.04 Å². The van der Waals surface area contributed by atoms with Gasteiger partial charge in [0.2, 0.25) is 0 Å². The summed E-state index contributed by atoms with van der Waals surface area (Å²) in [4.78, 5) is 24.9. The Morgan fingerprint density at radius 2 is 1.60 bits per heavy atom. The van der Waals surface area contributed by atoms with Crippen LogP contribution in [-0.2, 0) is 4.79 Å². The number of nitrogens with one attached hydrogen (secondary N) is 1. The largest absolute Gasteiger partial charge is 0.324 e. The van der Waals surface area contributed by atoms with Crippen LogP contribution in [0.1, 0.15) is 11.6 Å². The number of carbonyl (C=O) groups excluding carboxylic acids is 2. The van der Waals surface area contributed by atoms with Crippen LogP contribution in [0.15, 0.2) is 54.6 Å². The molecule has 0 bridgehead atoms. The van der Waals surface area contributed by atoms with Crippen LogP contribution in [0.4, 0.5) is 4.79 Å². The molecular formula is C16H14N2O2. The van der Waals surface area contributed by atoms with E-state index < -0.39 is 6.04 Å². The van der Waals surface area contributed by atoms with Gasteiger partial charge in [-0.2, -0.15) is 0 Å². The number of carbonyl (C=O) groups is 2. The molecule has 20 heavy (non-hydrogen) atoms. The second-order valence-corrected chi connectivity index (χ2v) is 4.73. The number of imide groups is 1. The topological polar surface area (TPSA) is 49.4 Å². The third-order valence-electron chi connectivity index (χ3n) is 3.51. The molecule has 2 aromatic rings. The summed E-state index contributed by atoms with van der Waals surface area (Å²) in [5, 5.41) is 2.72. The van der Waals surface area contributed by atoms with Crippen LogP contribution < -0.4 is 5.32 Å². The monoisotopic (exact) mass is 266 g/mol.